The number of nitrogens with zero attached hydrogens (tertiary/aromatic N) is 1. The van der Waals surface area contributed by atoms with Crippen LogP contribution in [0.5, 0.6) is 0 Å². The molecule has 0 aliphatic carbocycles. The van der Waals surface area contributed by atoms with E-state index in [2.05, 4.69) is 13.8 Å². The maximum absolute atomic E-state index is 12.5. The lowest BCUT2D eigenvalue weighted by Gasteiger charge is -2.36. The van der Waals surface area contributed by atoms with E-state index in [1.165, 1.54) is 0 Å². The van der Waals surface area contributed by atoms with Crippen molar-refractivity contribution in [3.8, 4) is 0 Å². The minimum Gasteiger partial charge on any atom is -0.422 e. The first-order valence-corrected chi connectivity index (χ1v) is 7.28. The van der Waals surface area contributed by atoms with Crippen LogP contribution in [-0.2, 0) is 0 Å². The minimum atomic E-state index is -0.552. The van der Waals surface area contributed by atoms with Crippen LogP contribution >= 0.6 is 0 Å². The molecule has 0 spiro atoms. The molecule has 4 heteroatoms. The molecule has 1 aromatic carbocycles. The number of piperidine rings is 1. The average molecular weight is 285 g/mol. The molecule has 1 saturated heterocycles. The second-order valence-corrected chi connectivity index (χ2v) is 6.44. The zero-order valence-electron chi connectivity index (χ0n) is 12.4. The molecule has 1 aromatic heterocycles. The van der Waals surface area contributed by atoms with Gasteiger partial charge in [-0.05, 0) is 30.4 Å². The molecule has 0 radical (unpaired) electrons. The number of carbonyl (C=O) groups is 1. The van der Waals surface area contributed by atoms with Crippen molar-refractivity contribution in [2.24, 2.45) is 5.41 Å². The van der Waals surface area contributed by atoms with Crippen molar-refractivity contribution in [2.45, 2.75) is 26.7 Å². The number of amides is 1. The molecule has 110 valence electrons. The number of carbonyl (C=O) groups excluding carboxylic acids is 1. The monoisotopic (exact) mass is 285 g/mol. The first-order valence-electron chi connectivity index (χ1n) is 7.28. The van der Waals surface area contributed by atoms with E-state index < -0.39 is 5.63 Å². The van der Waals surface area contributed by atoms with Gasteiger partial charge < -0.3 is 9.32 Å². The fourth-order valence-electron chi connectivity index (χ4n) is 2.70. The lowest BCUT2D eigenvalue weighted by atomic mass is 9.82. The Kier molecular flexibility index (Phi) is 3.32. The molecule has 1 aliphatic rings. The number of rotatable bonds is 1. The van der Waals surface area contributed by atoms with E-state index in [4.69, 9.17) is 4.42 Å². The fourth-order valence-corrected chi connectivity index (χ4v) is 2.70. The molecule has 0 bridgehead atoms. The summed E-state index contributed by atoms with van der Waals surface area (Å²) in [7, 11) is 0. The molecule has 4 nitrogen and oxygen atoms in total. The molecule has 0 N–H and O–H groups in total. The van der Waals surface area contributed by atoms with E-state index in [1.54, 1.807) is 23.1 Å². The third-order valence-corrected chi connectivity index (χ3v) is 4.28. The smallest absolute Gasteiger partial charge is 0.349 e. The van der Waals surface area contributed by atoms with E-state index in [9.17, 15) is 9.59 Å². The van der Waals surface area contributed by atoms with Gasteiger partial charge in [-0.3, -0.25) is 4.79 Å². The third-order valence-electron chi connectivity index (χ3n) is 4.28. The van der Waals surface area contributed by atoms with Gasteiger partial charge in [-0.2, -0.15) is 0 Å². The van der Waals surface area contributed by atoms with Gasteiger partial charge in [-0.15, -0.1) is 0 Å². The topological polar surface area (TPSA) is 50.5 Å². The van der Waals surface area contributed by atoms with Crippen LogP contribution in [0.4, 0.5) is 0 Å². The predicted molar refractivity (Wildman–Crippen MR) is 81.4 cm³/mol. The van der Waals surface area contributed by atoms with Gasteiger partial charge in [0.15, 0.2) is 0 Å². The van der Waals surface area contributed by atoms with Crippen molar-refractivity contribution in [2.75, 3.05) is 13.1 Å². The van der Waals surface area contributed by atoms with Gasteiger partial charge in [0.2, 0.25) is 0 Å². The lowest BCUT2D eigenvalue weighted by Crippen LogP contribution is -2.42. The van der Waals surface area contributed by atoms with Crippen molar-refractivity contribution < 1.29 is 9.21 Å². The van der Waals surface area contributed by atoms with Gasteiger partial charge in [-0.1, -0.05) is 32.0 Å². The highest BCUT2D eigenvalue weighted by molar-refractivity contribution is 5.96. The number of hydrogen-bond donors (Lipinski definition) is 0. The van der Waals surface area contributed by atoms with E-state index in [-0.39, 0.29) is 16.9 Å². The summed E-state index contributed by atoms with van der Waals surface area (Å²) in [6.45, 7) is 5.80. The Morgan fingerprint density at radius 2 is 1.86 bits per heavy atom. The summed E-state index contributed by atoms with van der Waals surface area (Å²) in [6, 6.07) is 8.88. The zero-order valence-corrected chi connectivity index (χ0v) is 12.4. The second kappa shape index (κ2) is 5.02. The third kappa shape index (κ3) is 2.71. The number of para-hydroxylation sites is 1. The Balaban J connectivity index is 1.91. The number of likely N-dealkylation sites (tertiary alicyclic amines) is 1. The van der Waals surface area contributed by atoms with Crippen molar-refractivity contribution >= 4 is 16.9 Å². The minimum absolute atomic E-state index is 0.133. The van der Waals surface area contributed by atoms with Crippen molar-refractivity contribution in [3.05, 3.63) is 46.3 Å². The van der Waals surface area contributed by atoms with Crippen molar-refractivity contribution in [1.82, 2.24) is 4.90 Å². The zero-order chi connectivity index (χ0) is 15.0. The predicted octanol–water partition coefficient (Wildman–Crippen LogP) is 3.06. The van der Waals surface area contributed by atoms with Crippen molar-refractivity contribution in [3.63, 3.8) is 0 Å². The summed E-state index contributed by atoms with van der Waals surface area (Å²) in [5.41, 5.74) is 0.362. The van der Waals surface area contributed by atoms with E-state index in [1.807, 2.05) is 12.1 Å². The quantitative estimate of drug-likeness (QED) is 0.757. The van der Waals surface area contributed by atoms with Crippen LogP contribution in [0.1, 0.15) is 37.0 Å². The lowest BCUT2D eigenvalue weighted by molar-refractivity contribution is 0.0626. The number of benzene rings is 1. The maximum atomic E-state index is 12.5. The molecule has 1 fully saturated rings. The Morgan fingerprint density at radius 1 is 1.19 bits per heavy atom. The summed E-state index contributed by atoms with van der Waals surface area (Å²) in [6.07, 6.45) is 1.91. The molecule has 3 rings (SSSR count). The molecule has 0 atom stereocenters. The number of fused-ring (bicyclic) bond motifs is 1. The van der Waals surface area contributed by atoms with E-state index >= 15 is 0 Å². The van der Waals surface area contributed by atoms with Crippen LogP contribution in [0.2, 0.25) is 0 Å². The molecular weight excluding hydrogens is 266 g/mol. The van der Waals surface area contributed by atoms with Crippen LogP contribution in [0.15, 0.2) is 39.5 Å². The molecular formula is C17H19NO3. The molecule has 0 unspecified atom stereocenters. The average Bonchev–Trinajstić information content (AvgIpc) is 2.46. The van der Waals surface area contributed by atoms with Crippen LogP contribution in [0, 0.1) is 5.41 Å². The van der Waals surface area contributed by atoms with Gasteiger partial charge in [0.05, 0.1) is 0 Å². The van der Waals surface area contributed by atoms with Crippen LogP contribution in [0.25, 0.3) is 11.0 Å². The van der Waals surface area contributed by atoms with Gasteiger partial charge in [-0.25, -0.2) is 4.79 Å². The largest absolute Gasteiger partial charge is 0.422 e. The fraction of sp³-hybridized carbons (Fsp3) is 0.412. The Labute approximate surface area is 123 Å². The Morgan fingerprint density at radius 3 is 2.57 bits per heavy atom. The van der Waals surface area contributed by atoms with Gasteiger partial charge >= 0.3 is 5.63 Å². The normalized spacial score (nSPS) is 17.9. The van der Waals surface area contributed by atoms with Crippen molar-refractivity contribution in [1.29, 1.82) is 0 Å². The molecule has 21 heavy (non-hydrogen) atoms. The first kappa shape index (κ1) is 13.9. The molecule has 2 aromatic rings. The summed E-state index contributed by atoms with van der Waals surface area (Å²) < 4.78 is 5.24. The second-order valence-electron chi connectivity index (χ2n) is 6.44. The van der Waals surface area contributed by atoms with Crippen LogP contribution < -0.4 is 5.63 Å². The van der Waals surface area contributed by atoms with Gasteiger partial charge in [0.25, 0.3) is 5.91 Å². The summed E-state index contributed by atoms with van der Waals surface area (Å²) in [4.78, 5) is 26.3. The van der Waals surface area contributed by atoms with Gasteiger partial charge in [0.1, 0.15) is 11.1 Å². The summed E-state index contributed by atoms with van der Waals surface area (Å²) in [5.74, 6) is -0.218. The maximum Gasteiger partial charge on any atom is 0.349 e. The highest BCUT2D eigenvalue weighted by atomic mass is 16.4. The SMILES string of the molecule is CC1(C)CCN(C(=O)c2cc3ccccc3oc2=O)CC1. The van der Waals surface area contributed by atoms with Crippen LogP contribution in [0.3, 0.4) is 0 Å². The molecule has 1 aliphatic heterocycles. The summed E-state index contributed by atoms with van der Waals surface area (Å²) in [5, 5.41) is 0.776. The van der Waals surface area contributed by atoms with Crippen LogP contribution in [-0.4, -0.2) is 23.9 Å². The molecule has 0 saturated carbocycles. The molecule has 2 heterocycles. The number of hydrogen-bond acceptors (Lipinski definition) is 3. The summed E-state index contributed by atoms with van der Waals surface area (Å²) >= 11 is 0. The Hall–Kier alpha value is -2.10. The highest BCUT2D eigenvalue weighted by Gasteiger charge is 2.29. The first-order chi connectivity index (χ1) is 9.96. The van der Waals surface area contributed by atoms with E-state index in [0.29, 0.717) is 18.7 Å². The van der Waals surface area contributed by atoms with E-state index in [0.717, 1.165) is 18.2 Å². The Bertz CT molecular complexity index is 735. The standard InChI is InChI=1S/C17H19NO3/c1-17(2)7-9-18(10-8-17)15(19)13-11-12-5-3-4-6-14(12)21-16(13)20/h3-6,11H,7-10H2,1-2H3. The highest BCUT2D eigenvalue weighted by Crippen LogP contribution is 2.30. The van der Waals surface area contributed by atoms with Gasteiger partial charge in [0, 0.05) is 18.5 Å². The molecule has 1 amide bonds.